The van der Waals surface area contributed by atoms with Crippen molar-refractivity contribution in [2.24, 2.45) is 5.41 Å². The van der Waals surface area contributed by atoms with E-state index in [1.54, 1.807) is 0 Å². The minimum Gasteiger partial charge on any atom is -0.492 e. The number of hydrogen-bond acceptors (Lipinski definition) is 4. The van der Waals surface area contributed by atoms with Crippen LogP contribution in [-0.4, -0.2) is 41.6 Å². The lowest BCUT2D eigenvalue weighted by Gasteiger charge is -2.19. The van der Waals surface area contributed by atoms with Crippen molar-refractivity contribution in [3.05, 3.63) is 81.9 Å². The minimum absolute atomic E-state index is 0.153. The van der Waals surface area contributed by atoms with E-state index in [0.717, 1.165) is 50.2 Å². The van der Waals surface area contributed by atoms with Crippen molar-refractivity contribution in [1.82, 2.24) is 4.90 Å². The van der Waals surface area contributed by atoms with Crippen LogP contribution in [0.25, 0.3) is 11.1 Å². The highest BCUT2D eigenvalue weighted by Crippen LogP contribution is 2.64. The van der Waals surface area contributed by atoms with Crippen LogP contribution in [0.3, 0.4) is 0 Å². The number of benzene rings is 3. The Balaban J connectivity index is 1.14. The van der Waals surface area contributed by atoms with Crippen LogP contribution in [0.5, 0.6) is 5.75 Å². The second kappa shape index (κ2) is 10.9. The molecule has 1 amide bonds. The highest BCUT2D eigenvalue weighted by atomic mass is 16.5. The van der Waals surface area contributed by atoms with Gasteiger partial charge in [-0.1, -0.05) is 24.3 Å². The van der Waals surface area contributed by atoms with Gasteiger partial charge in [-0.2, -0.15) is 0 Å². The molecular weight excluding hydrogens is 512 g/mol. The summed E-state index contributed by atoms with van der Waals surface area (Å²) < 4.78 is 6.05. The number of amides is 1. The van der Waals surface area contributed by atoms with Crippen molar-refractivity contribution in [3.8, 4) is 16.9 Å². The third-order valence-electron chi connectivity index (χ3n) is 9.58. The largest absolute Gasteiger partial charge is 0.492 e. The number of nitrogens with one attached hydrogen (secondary N) is 1. The van der Waals surface area contributed by atoms with Crippen molar-refractivity contribution in [2.75, 3.05) is 25.0 Å². The number of anilines is 1. The van der Waals surface area contributed by atoms with E-state index in [0.29, 0.717) is 19.6 Å². The standard InChI is InChI=1S/C35H40N2O4/c1-22-16-28(41-15-14-37-13-5-8-32(37)38)17-23(2)34(22)29-7-4-6-25(24(29)3)21-36-27-9-10-30-26(18-27)20-35(11-12-35)31(30)19-33(39)40/h4,6-7,9-10,16-18,31,36H,5,8,11-15,19-21H2,1-3H3,(H,39,40). The Labute approximate surface area is 242 Å². The van der Waals surface area contributed by atoms with Gasteiger partial charge in [-0.25, -0.2) is 0 Å². The smallest absolute Gasteiger partial charge is 0.303 e. The van der Waals surface area contributed by atoms with Crippen molar-refractivity contribution >= 4 is 17.6 Å². The summed E-state index contributed by atoms with van der Waals surface area (Å²) in [6.07, 6.45) is 5.11. The molecule has 0 aromatic heterocycles. The van der Waals surface area contributed by atoms with Crippen LogP contribution in [0.15, 0.2) is 48.5 Å². The third kappa shape index (κ3) is 5.44. The zero-order valence-electron chi connectivity index (χ0n) is 24.4. The van der Waals surface area contributed by atoms with E-state index in [1.807, 2.05) is 4.90 Å². The maximum absolute atomic E-state index is 11.9. The van der Waals surface area contributed by atoms with Gasteiger partial charge in [0, 0.05) is 31.1 Å². The Morgan fingerprint density at radius 3 is 2.56 bits per heavy atom. The first-order valence-corrected chi connectivity index (χ1v) is 14.9. The molecule has 0 radical (unpaired) electrons. The number of hydrogen-bond donors (Lipinski definition) is 2. The summed E-state index contributed by atoms with van der Waals surface area (Å²) in [4.78, 5) is 25.3. The molecule has 1 spiro atoms. The summed E-state index contributed by atoms with van der Waals surface area (Å²) in [5.74, 6) is 0.532. The van der Waals surface area contributed by atoms with E-state index in [1.165, 1.54) is 44.5 Å². The fourth-order valence-corrected chi connectivity index (χ4v) is 7.22. The van der Waals surface area contributed by atoms with Gasteiger partial charge in [-0.05, 0) is 121 Å². The van der Waals surface area contributed by atoms with E-state index in [2.05, 4.69) is 74.6 Å². The molecule has 2 N–H and O–H groups in total. The predicted molar refractivity (Wildman–Crippen MR) is 162 cm³/mol. The summed E-state index contributed by atoms with van der Waals surface area (Å²) >= 11 is 0. The van der Waals surface area contributed by atoms with Gasteiger partial charge < -0.3 is 20.1 Å². The lowest BCUT2D eigenvalue weighted by Crippen LogP contribution is -2.29. The molecule has 1 heterocycles. The third-order valence-corrected chi connectivity index (χ3v) is 9.58. The molecule has 6 rings (SSSR count). The molecule has 2 aliphatic carbocycles. The van der Waals surface area contributed by atoms with Gasteiger partial charge in [-0.3, -0.25) is 9.59 Å². The monoisotopic (exact) mass is 552 g/mol. The van der Waals surface area contributed by atoms with Crippen LogP contribution < -0.4 is 10.1 Å². The van der Waals surface area contributed by atoms with Crippen LogP contribution >= 0.6 is 0 Å². The number of likely N-dealkylation sites (tertiary alicyclic amines) is 1. The molecule has 41 heavy (non-hydrogen) atoms. The number of carbonyl (C=O) groups excluding carboxylic acids is 1. The van der Waals surface area contributed by atoms with E-state index in [9.17, 15) is 14.7 Å². The normalized spacial score (nSPS) is 18.6. The first-order chi connectivity index (χ1) is 19.7. The molecule has 1 saturated carbocycles. The molecule has 0 bridgehead atoms. The van der Waals surface area contributed by atoms with E-state index in [4.69, 9.17) is 4.74 Å². The SMILES string of the molecule is Cc1cc(OCCN2CCCC2=O)cc(C)c1-c1cccc(CNc2ccc3c(c2)CC2(CC2)C3CC(=O)O)c1C. The first kappa shape index (κ1) is 27.4. The van der Waals surface area contributed by atoms with Gasteiger partial charge in [0.15, 0.2) is 0 Å². The second-order valence-electron chi connectivity index (χ2n) is 12.3. The van der Waals surface area contributed by atoms with Gasteiger partial charge in [0.25, 0.3) is 0 Å². The molecule has 3 aromatic carbocycles. The quantitative estimate of drug-likeness (QED) is 0.290. The van der Waals surface area contributed by atoms with Crippen molar-refractivity contribution in [3.63, 3.8) is 0 Å². The fourth-order valence-electron chi connectivity index (χ4n) is 7.22. The Bertz CT molecular complexity index is 1480. The van der Waals surface area contributed by atoms with Crippen LogP contribution in [0.4, 0.5) is 5.69 Å². The van der Waals surface area contributed by atoms with Gasteiger partial charge in [0.2, 0.25) is 5.91 Å². The molecule has 6 nitrogen and oxygen atoms in total. The summed E-state index contributed by atoms with van der Waals surface area (Å²) in [5, 5.41) is 13.1. The van der Waals surface area contributed by atoms with E-state index < -0.39 is 5.97 Å². The first-order valence-electron chi connectivity index (χ1n) is 14.9. The zero-order valence-corrected chi connectivity index (χ0v) is 24.4. The molecular formula is C35H40N2O4. The maximum atomic E-state index is 11.9. The molecule has 214 valence electrons. The summed E-state index contributed by atoms with van der Waals surface area (Å²) in [6, 6.07) is 17.2. The molecule has 1 unspecified atom stereocenters. The Hall–Kier alpha value is -3.80. The van der Waals surface area contributed by atoms with Crippen molar-refractivity contribution in [2.45, 2.75) is 71.8 Å². The fraction of sp³-hybridized carbons (Fsp3) is 0.429. The van der Waals surface area contributed by atoms with E-state index >= 15 is 0 Å². The van der Waals surface area contributed by atoms with Crippen molar-refractivity contribution < 1.29 is 19.4 Å². The molecule has 2 fully saturated rings. The zero-order chi connectivity index (χ0) is 28.7. The van der Waals surface area contributed by atoms with Gasteiger partial charge in [0.05, 0.1) is 13.0 Å². The maximum Gasteiger partial charge on any atom is 0.303 e. The molecule has 3 aliphatic rings. The number of carbonyl (C=O) groups is 2. The highest BCUT2D eigenvalue weighted by Gasteiger charge is 2.54. The van der Waals surface area contributed by atoms with Gasteiger partial charge >= 0.3 is 5.97 Å². The predicted octanol–water partition coefficient (Wildman–Crippen LogP) is 6.79. The van der Waals surface area contributed by atoms with Crippen LogP contribution in [0.2, 0.25) is 0 Å². The summed E-state index contributed by atoms with van der Waals surface area (Å²) in [6.45, 7) is 9.17. The number of ether oxygens (including phenoxy) is 1. The van der Waals surface area contributed by atoms with Crippen LogP contribution in [0, 0.1) is 26.2 Å². The number of aliphatic carboxylic acids is 1. The lowest BCUT2D eigenvalue weighted by molar-refractivity contribution is -0.137. The molecule has 1 saturated heterocycles. The van der Waals surface area contributed by atoms with E-state index in [-0.39, 0.29) is 23.7 Å². The van der Waals surface area contributed by atoms with Gasteiger partial charge in [0.1, 0.15) is 12.4 Å². The topological polar surface area (TPSA) is 78.9 Å². The van der Waals surface area contributed by atoms with Crippen LogP contribution in [-0.2, 0) is 22.6 Å². The average molecular weight is 553 g/mol. The highest BCUT2D eigenvalue weighted by molar-refractivity contribution is 5.78. The molecule has 1 atom stereocenters. The summed E-state index contributed by atoms with van der Waals surface area (Å²) in [7, 11) is 0. The molecule has 6 heteroatoms. The number of carboxylic acids is 1. The molecule has 1 aliphatic heterocycles. The average Bonchev–Trinajstić information content (AvgIpc) is 3.49. The number of nitrogens with zero attached hydrogens (tertiary/aromatic N) is 1. The molecule has 3 aromatic rings. The Morgan fingerprint density at radius 1 is 1.10 bits per heavy atom. The minimum atomic E-state index is -0.700. The second-order valence-corrected chi connectivity index (χ2v) is 12.3. The number of rotatable bonds is 10. The Morgan fingerprint density at radius 2 is 1.88 bits per heavy atom. The summed E-state index contributed by atoms with van der Waals surface area (Å²) in [5.41, 5.74) is 11.1. The van der Waals surface area contributed by atoms with Crippen molar-refractivity contribution in [1.29, 1.82) is 0 Å². The lowest BCUT2D eigenvalue weighted by atomic mass is 9.87. The Kier molecular flexibility index (Phi) is 7.27. The number of fused-ring (bicyclic) bond motifs is 1. The van der Waals surface area contributed by atoms with Crippen LogP contribution in [0.1, 0.15) is 71.4 Å². The number of aryl methyl sites for hydroxylation is 2. The van der Waals surface area contributed by atoms with Gasteiger partial charge in [-0.15, -0.1) is 0 Å². The number of carboxylic acid groups (broad SMARTS) is 1.